The molecule has 19 heavy (non-hydrogen) atoms. The molecule has 4 heteroatoms. The first-order chi connectivity index (χ1) is 9.08. The highest BCUT2D eigenvalue weighted by Gasteiger charge is 2.16. The van der Waals surface area contributed by atoms with Crippen LogP contribution in [0.25, 0.3) is 0 Å². The van der Waals surface area contributed by atoms with Gasteiger partial charge in [0.25, 0.3) is 0 Å². The van der Waals surface area contributed by atoms with Crippen LogP contribution in [0.4, 0.5) is 0 Å². The molecule has 1 aliphatic carbocycles. The molecule has 0 aromatic heterocycles. The smallest absolute Gasteiger partial charge is 0.303 e. The van der Waals surface area contributed by atoms with Crippen molar-refractivity contribution in [3.05, 3.63) is 0 Å². The zero-order valence-electron chi connectivity index (χ0n) is 12.0. The minimum Gasteiger partial charge on any atom is -0.481 e. The van der Waals surface area contributed by atoms with Crippen LogP contribution >= 0.6 is 0 Å². The highest BCUT2D eigenvalue weighted by atomic mass is 16.4. The maximum Gasteiger partial charge on any atom is 0.303 e. The number of hydrogen-bond acceptors (Lipinski definition) is 2. The van der Waals surface area contributed by atoms with Crippen molar-refractivity contribution in [2.24, 2.45) is 11.8 Å². The van der Waals surface area contributed by atoms with Gasteiger partial charge in [0.05, 0.1) is 0 Å². The Kier molecular flexibility index (Phi) is 7.53. The number of rotatable bonds is 8. The van der Waals surface area contributed by atoms with Crippen LogP contribution in [0.5, 0.6) is 0 Å². The van der Waals surface area contributed by atoms with Gasteiger partial charge in [0.1, 0.15) is 0 Å². The molecule has 0 aromatic rings. The summed E-state index contributed by atoms with van der Waals surface area (Å²) in [7, 11) is 0. The molecule has 0 aromatic carbocycles. The standard InChI is InChI=1S/C15H27NO3/c1-12(7-8-15(18)19)9-10-16-14(17)11-13-5-3-2-4-6-13/h12-13H,2-11H2,1H3,(H,16,17)(H,18,19). The molecule has 0 heterocycles. The monoisotopic (exact) mass is 269 g/mol. The normalized spacial score (nSPS) is 17.9. The molecule has 0 spiro atoms. The van der Waals surface area contributed by atoms with Crippen LogP contribution in [0.1, 0.15) is 64.7 Å². The molecule has 1 amide bonds. The third-order valence-electron chi connectivity index (χ3n) is 4.01. The van der Waals surface area contributed by atoms with Crippen molar-refractivity contribution in [1.29, 1.82) is 0 Å². The SMILES string of the molecule is CC(CCNC(=O)CC1CCCCC1)CCC(=O)O. The van der Waals surface area contributed by atoms with Gasteiger partial charge in [-0.05, 0) is 37.5 Å². The maximum absolute atomic E-state index is 11.8. The molecule has 0 radical (unpaired) electrons. The Bertz CT molecular complexity index is 285. The van der Waals surface area contributed by atoms with Gasteiger partial charge in [-0.2, -0.15) is 0 Å². The predicted molar refractivity (Wildman–Crippen MR) is 74.9 cm³/mol. The van der Waals surface area contributed by atoms with Crippen molar-refractivity contribution in [2.75, 3.05) is 6.54 Å². The van der Waals surface area contributed by atoms with Gasteiger partial charge in [0.2, 0.25) is 5.91 Å². The van der Waals surface area contributed by atoms with E-state index in [1.54, 1.807) is 0 Å². The number of carboxylic acid groups (broad SMARTS) is 1. The van der Waals surface area contributed by atoms with E-state index < -0.39 is 5.97 Å². The van der Waals surface area contributed by atoms with E-state index >= 15 is 0 Å². The molecular formula is C15H27NO3. The number of aliphatic carboxylic acids is 1. The number of amides is 1. The van der Waals surface area contributed by atoms with E-state index in [4.69, 9.17) is 5.11 Å². The summed E-state index contributed by atoms with van der Waals surface area (Å²) in [6.45, 7) is 2.71. The number of nitrogens with one attached hydrogen (secondary N) is 1. The topological polar surface area (TPSA) is 66.4 Å². The van der Waals surface area contributed by atoms with Gasteiger partial charge in [0, 0.05) is 19.4 Å². The zero-order valence-corrected chi connectivity index (χ0v) is 12.0. The first-order valence-corrected chi connectivity index (χ1v) is 7.56. The van der Waals surface area contributed by atoms with Gasteiger partial charge in [0.15, 0.2) is 0 Å². The Morgan fingerprint density at radius 2 is 1.89 bits per heavy atom. The van der Waals surface area contributed by atoms with E-state index in [1.165, 1.54) is 32.1 Å². The van der Waals surface area contributed by atoms with Crippen LogP contribution in [0, 0.1) is 11.8 Å². The summed E-state index contributed by atoms with van der Waals surface area (Å²) >= 11 is 0. The van der Waals surface area contributed by atoms with Crippen molar-refractivity contribution in [3.8, 4) is 0 Å². The minimum atomic E-state index is -0.742. The quantitative estimate of drug-likeness (QED) is 0.712. The molecule has 0 aliphatic heterocycles. The summed E-state index contributed by atoms with van der Waals surface area (Å²) in [5.41, 5.74) is 0. The van der Waals surface area contributed by atoms with Crippen LogP contribution in [0.3, 0.4) is 0 Å². The molecule has 1 atom stereocenters. The van der Waals surface area contributed by atoms with Crippen molar-refractivity contribution >= 4 is 11.9 Å². The fourth-order valence-electron chi connectivity index (χ4n) is 2.70. The van der Waals surface area contributed by atoms with E-state index in [0.29, 0.717) is 31.2 Å². The molecule has 0 saturated heterocycles. The van der Waals surface area contributed by atoms with Crippen molar-refractivity contribution < 1.29 is 14.7 Å². The molecule has 110 valence electrons. The number of carbonyl (C=O) groups is 2. The fraction of sp³-hybridized carbons (Fsp3) is 0.867. The predicted octanol–water partition coefficient (Wildman–Crippen LogP) is 2.96. The summed E-state index contributed by atoms with van der Waals surface area (Å²) in [5, 5.41) is 11.6. The first kappa shape index (κ1) is 16.0. The third-order valence-corrected chi connectivity index (χ3v) is 4.01. The number of hydrogen-bond donors (Lipinski definition) is 2. The average Bonchev–Trinajstić information content (AvgIpc) is 2.37. The Labute approximate surface area is 116 Å². The van der Waals surface area contributed by atoms with E-state index in [1.807, 2.05) is 6.92 Å². The molecule has 1 rings (SSSR count). The lowest BCUT2D eigenvalue weighted by Gasteiger charge is -2.21. The Balaban J connectivity index is 2.04. The van der Waals surface area contributed by atoms with Gasteiger partial charge in [-0.1, -0.05) is 26.2 Å². The number of carbonyl (C=O) groups excluding carboxylic acids is 1. The molecule has 1 saturated carbocycles. The van der Waals surface area contributed by atoms with E-state index in [2.05, 4.69) is 5.32 Å². The van der Waals surface area contributed by atoms with Crippen molar-refractivity contribution in [1.82, 2.24) is 5.32 Å². The summed E-state index contributed by atoms with van der Waals surface area (Å²) in [5.74, 6) is 0.356. The lowest BCUT2D eigenvalue weighted by molar-refractivity contribution is -0.137. The Morgan fingerprint density at radius 1 is 1.21 bits per heavy atom. The second kappa shape index (κ2) is 8.94. The molecule has 4 nitrogen and oxygen atoms in total. The molecule has 2 N–H and O–H groups in total. The summed E-state index contributed by atoms with van der Waals surface area (Å²) in [6.07, 6.45) is 8.69. The van der Waals surface area contributed by atoms with Crippen LogP contribution in [-0.2, 0) is 9.59 Å². The lowest BCUT2D eigenvalue weighted by atomic mass is 9.87. The van der Waals surface area contributed by atoms with Crippen LogP contribution in [0.2, 0.25) is 0 Å². The second-order valence-corrected chi connectivity index (χ2v) is 5.88. The summed E-state index contributed by atoms with van der Waals surface area (Å²) < 4.78 is 0. The van der Waals surface area contributed by atoms with Gasteiger partial charge in [-0.15, -0.1) is 0 Å². The highest BCUT2D eigenvalue weighted by Crippen LogP contribution is 2.26. The largest absolute Gasteiger partial charge is 0.481 e. The molecular weight excluding hydrogens is 242 g/mol. The Hall–Kier alpha value is -1.06. The van der Waals surface area contributed by atoms with E-state index in [9.17, 15) is 9.59 Å². The second-order valence-electron chi connectivity index (χ2n) is 5.88. The van der Waals surface area contributed by atoms with E-state index in [0.717, 1.165) is 6.42 Å². The first-order valence-electron chi connectivity index (χ1n) is 7.56. The molecule has 1 fully saturated rings. The third kappa shape index (κ3) is 7.85. The van der Waals surface area contributed by atoms with Crippen LogP contribution < -0.4 is 5.32 Å². The molecule has 1 unspecified atom stereocenters. The summed E-state index contributed by atoms with van der Waals surface area (Å²) in [4.78, 5) is 22.2. The summed E-state index contributed by atoms with van der Waals surface area (Å²) in [6, 6.07) is 0. The van der Waals surface area contributed by atoms with Crippen molar-refractivity contribution in [3.63, 3.8) is 0 Å². The van der Waals surface area contributed by atoms with Gasteiger partial charge in [-0.3, -0.25) is 9.59 Å². The van der Waals surface area contributed by atoms with E-state index in [-0.39, 0.29) is 12.3 Å². The van der Waals surface area contributed by atoms with Gasteiger partial charge >= 0.3 is 5.97 Å². The fourth-order valence-corrected chi connectivity index (χ4v) is 2.70. The Morgan fingerprint density at radius 3 is 2.53 bits per heavy atom. The van der Waals surface area contributed by atoms with Crippen molar-refractivity contribution in [2.45, 2.75) is 64.7 Å². The van der Waals surface area contributed by atoms with Crippen LogP contribution in [0.15, 0.2) is 0 Å². The lowest BCUT2D eigenvalue weighted by Crippen LogP contribution is -2.28. The molecule has 1 aliphatic rings. The average molecular weight is 269 g/mol. The van der Waals surface area contributed by atoms with Gasteiger partial charge < -0.3 is 10.4 Å². The van der Waals surface area contributed by atoms with Gasteiger partial charge in [-0.25, -0.2) is 0 Å². The highest BCUT2D eigenvalue weighted by molar-refractivity contribution is 5.76. The number of carboxylic acids is 1. The van der Waals surface area contributed by atoms with Crippen LogP contribution in [-0.4, -0.2) is 23.5 Å². The maximum atomic E-state index is 11.8. The zero-order chi connectivity index (χ0) is 14.1. The molecule has 0 bridgehead atoms. The minimum absolute atomic E-state index is 0.164.